The van der Waals surface area contributed by atoms with Gasteiger partial charge in [0.05, 0.1) is 12.0 Å². The summed E-state index contributed by atoms with van der Waals surface area (Å²) in [4.78, 5) is 16.4. The van der Waals surface area contributed by atoms with Crippen molar-refractivity contribution in [2.75, 3.05) is 5.32 Å². The van der Waals surface area contributed by atoms with Gasteiger partial charge < -0.3 is 10.4 Å². The van der Waals surface area contributed by atoms with Gasteiger partial charge in [-0.3, -0.25) is 4.79 Å². The number of pyridine rings is 1. The average Bonchev–Trinajstić information content (AvgIpc) is 3.50. The standard InChI is InChI=1S/C28H35FN2O2/c1-7-10-12-21(23(9-3)19(5)13-20(6)26(32)11-8-2)15-22-17-30-27(14-18(22)4)31-28(33)24-16-25(24)29/h8-10,12-15,17,24-26,32H,2,6-7,11,16H2,1,3-5H3,(H,30,31,33)/b12-10+,19-13-,21-15+,23-9+. The van der Waals surface area contributed by atoms with Gasteiger partial charge in [-0.25, -0.2) is 9.37 Å². The first-order valence-electron chi connectivity index (χ1n) is 11.3. The number of nitrogens with zero attached hydrogens (tertiary/aromatic N) is 1. The molecule has 0 aliphatic heterocycles. The molecule has 1 saturated carbocycles. The Hall–Kier alpha value is -3.05. The Morgan fingerprint density at radius 3 is 2.70 bits per heavy atom. The third-order valence-electron chi connectivity index (χ3n) is 5.54. The molecule has 1 heterocycles. The van der Waals surface area contributed by atoms with Crippen LogP contribution in [0.1, 0.15) is 51.2 Å². The molecule has 5 heteroatoms. The second kappa shape index (κ2) is 12.3. The highest BCUT2D eigenvalue weighted by Crippen LogP contribution is 2.34. The first kappa shape index (κ1) is 26.2. The third kappa shape index (κ3) is 7.50. The summed E-state index contributed by atoms with van der Waals surface area (Å²) in [6.07, 6.45) is 13.5. The van der Waals surface area contributed by atoms with Gasteiger partial charge in [-0.2, -0.15) is 0 Å². The third-order valence-corrected chi connectivity index (χ3v) is 5.54. The van der Waals surface area contributed by atoms with Crippen molar-refractivity contribution < 1.29 is 14.3 Å². The zero-order valence-electron chi connectivity index (χ0n) is 20.1. The summed E-state index contributed by atoms with van der Waals surface area (Å²) in [7, 11) is 0. The number of hydrogen-bond donors (Lipinski definition) is 2. The highest BCUT2D eigenvalue weighted by molar-refractivity contribution is 5.94. The predicted molar refractivity (Wildman–Crippen MR) is 135 cm³/mol. The molecule has 1 aromatic heterocycles. The molecule has 176 valence electrons. The van der Waals surface area contributed by atoms with E-state index in [1.807, 2.05) is 39.0 Å². The van der Waals surface area contributed by atoms with Gasteiger partial charge in [-0.15, -0.1) is 6.58 Å². The van der Waals surface area contributed by atoms with Crippen LogP contribution in [-0.2, 0) is 4.79 Å². The molecule has 1 aromatic rings. The van der Waals surface area contributed by atoms with E-state index in [1.165, 1.54) is 0 Å². The normalized spacial score (nSPS) is 20.0. The monoisotopic (exact) mass is 450 g/mol. The minimum Gasteiger partial charge on any atom is -0.388 e. The number of carbonyl (C=O) groups excluding carboxylic acids is 1. The number of anilines is 1. The Morgan fingerprint density at radius 2 is 2.15 bits per heavy atom. The number of aliphatic hydroxyl groups excluding tert-OH is 1. The SMILES string of the molecule is C=CCC(O)C(=C)\C=C(C)/C(=C\C)C(/C=C/CC)=C/c1cnc(NC(=O)C2CC2F)cc1C. The lowest BCUT2D eigenvalue weighted by Gasteiger charge is -2.14. The van der Waals surface area contributed by atoms with E-state index in [4.69, 9.17) is 0 Å². The van der Waals surface area contributed by atoms with E-state index in [1.54, 1.807) is 18.3 Å². The van der Waals surface area contributed by atoms with Gasteiger partial charge in [0, 0.05) is 6.20 Å². The summed E-state index contributed by atoms with van der Waals surface area (Å²) in [6, 6.07) is 1.80. The highest BCUT2D eigenvalue weighted by Gasteiger charge is 2.43. The molecule has 1 amide bonds. The first-order chi connectivity index (χ1) is 15.7. The Morgan fingerprint density at radius 1 is 1.45 bits per heavy atom. The number of aromatic nitrogens is 1. The predicted octanol–water partition coefficient (Wildman–Crippen LogP) is 6.42. The van der Waals surface area contributed by atoms with Crippen molar-refractivity contribution in [1.82, 2.24) is 4.98 Å². The number of halogens is 1. The second-order valence-corrected chi connectivity index (χ2v) is 8.33. The number of aliphatic hydroxyl groups is 1. The van der Waals surface area contributed by atoms with Crippen molar-refractivity contribution in [3.05, 3.63) is 89.2 Å². The number of allylic oxidation sites excluding steroid dienone is 6. The number of amides is 1. The van der Waals surface area contributed by atoms with Crippen LogP contribution in [0.4, 0.5) is 10.2 Å². The molecule has 3 atom stereocenters. The van der Waals surface area contributed by atoms with Crippen LogP contribution < -0.4 is 5.32 Å². The minimum atomic E-state index is -1.04. The molecule has 0 radical (unpaired) electrons. The maximum atomic E-state index is 13.1. The Balaban J connectivity index is 2.33. The number of hydrogen-bond acceptors (Lipinski definition) is 3. The molecule has 0 bridgehead atoms. The van der Waals surface area contributed by atoms with Crippen molar-refractivity contribution in [2.24, 2.45) is 5.92 Å². The second-order valence-electron chi connectivity index (χ2n) is 8.33. The van der Waals surface area contributed by atoms with Crippen molar-refractivity contribution in [1.29, 1.82) is 0 Å². The van der Waals surface area contributed by atoms with Crippen LogP contribution in [0, 0.1) is 12.8 Å². The van der Waals surface area contributed by atoms with Gasteiger partial charge in [-0.1, -0.05) is 43.9 Å². The summed E-state index contributed by atoms with van der Waals surface area (Å²) >= 11 is 0. The molecule has 2 N–H and O–H groups in total. The highest BCUT2D eigenvalue weighted by atomic mass is 19.1. The molecule has 1 aliphatic rings. The molecule has 3 unspecified atom stereocenters. The van der Waals surface area contributed by atoms with Crippen LogP contribution in [0.3, 0.4) is 0 Å². The zero-order chi connectivity index (χ0) is 24.5. The van der Waals surface area contributed by atoms with E-state index in [0.29, 0.717) is 17.8 Å². The van der Waals surface area contributed by atoms with Gasteiger partial charge in [0.1, 0.15) is 12.0 Å². The van der Waals surface area contributed by atoms with E-state index in [-0.39, 0.29) is 12.3 Å². The van der Waals surface area contributed by atoms with Gasteiger partial charge in [0.15, 0.2) is 0 Å². The number of aryl methyl sites for hydroxylation is 1. The Bertz CT molecular complexity index is 1020. The fraction of sp³-hybridized carbons (Fsp3) is 0.357. The molecule has 0 spiro atoms. The molecule has 2 rings (SSSR count). The number of carbonyl (C=O) groups is 1. The van der Waals surface area contributed by atoms with Crippen LogP contribution >= 0.6 is 0 Å². The van der Waals surface area contributed by atoms with Gasteiger partial charge >= 0.3 is 0 Å². The van der Waals surface area contributed by atoms with Crippen molar-refractivity contribution in [2.45, 2.75) is 59.2 Å². The molecule has 4 nitrogen and oxygen atoms in total. The van der Waals surface area contributed by atoms with E-state index in [2.05, 4.69) is 42.5 Å². The summed E-state index contributed by atoms with van der Waals surface area (Å²) in [6.45, 7) is 15.7. The van der Waals surface area contributed by atoms with Crippen LogP contribution in [0.2, 0.25) is 0 Å². The molecule has 1 aliphatic carbocycles. The topological polar surface area (TPSA) is 62.2 Å². The summed E-state index contributed by atoms with van der Waals surface area (Å²) in [5.74, 6) is -0.446. The first-order valence-corrected chi connectivity index (χ1v) is 11.3. The summed E-state index contributed by atoms with van der Waals surface area (Å²) < 4.78 is 13.1. The van der Waals surface area contributed by atoms with E-state index < -0.39 is 18.2 Å². The lowest BCUT2D eigenvalue weighted by Crippen LogP contribution is -2.16. The molecular weight excluding hydrogens is 415 g/mol. The quantitative estimate of drug-likeness (QED) is 0.302. The van der Waals surface area contributed by atoms with Crippen LogP contribution in [-0.4, -0.2) is 28.3 Å². The van der Waals surface area contributed by atoms with Crippen LogP contribution in [0.15, 0.2) is 78.1 Å². The summed E-state index contributed by atoms with van der Waals surface area (Å²) in [5, 5.41) is 12.9. The van der Waals surface area contributed by atoms with Crippen LogP contribution in [0.25, 0.3) is 6.08 Å². The maximum Gasteiger partial charge on any atom is 0.231 e. The summed E-state index contributed by atoms with van der Waals surface area (Å²) in [5.41, 5.74) is 5.49. The van der Waals surface area contributed by atoms with Gasteiger partial charge in [0.2, 0.25) is 5.91 Å². The van der Waals surface area contributed by atoms with E-state index in [0.717, 1.165) is 34.3 Å². The Labute approximate surface area is 197 Å². The van der Waals surface area contributed by atoms with E-state index in [9.17, 15) is 14.3 Å². The zero-order valence-corrected chi connectivity index (χ0v) is 20.1. The Kier molecular flexibility index (Phi) is 9.74. The van der Waals surface area contributed by atoms with Crippen LogP contribution in [0.5, 0.6) is 0 Å². The minimum absolute atomic E-state index is 0.287. The van der Waals surface area contributed by atoms with E-state index >= 15 is 0 Å². The average molecular weight is 451 g/mol. The molecule has 1 fully saturated rings. The fourth-order valence-corrected chi connectivity index (χ4v) is 3.45. The number of alkyl halides is 1. The molecule has 0 saturated heterocycles. The van der Waals surface area contributed by atoms with Gasteiger partial charge in [-0.05, 0) is 85.6 Å². The number of nitrogens with one attached hydrogen (secondary N) is 1. The lowest BCUT2D eigenvalue weighted by molar-refractivity contribution is -0.117. The molecular formula is C28H35FN2O2. The fourth-order valence-electron chi connectivity index (χ4n) is 3.45. The van der Waals surface area contributed by atoms with Crippen molar-refractivity contribution in [3.63, 3.8) is 0 Å². The van der Waals surface area contributed by atoms with Crippen molar-refractivity contribution >= 4 is 17.8 Å². The maximum absolute atomic E-state index is 13.1. The number of rotatable bonds is 11. The van der Waals surface area contributed by atoms with Gasteiger partial charge in [0.25, 0.3) is 0 Å². The molecule has 33 heavy (non-hydrogen) atoms. The lowest BCUT2D eigenvalue weighted by atomic mass is 9.93. The smallest absolute Gasteiger partial charge is 0.231 e. The molecule has 0 aromatic carbocycles. The van der Waals surface area contributed by atoms with Crippen molar-refractivity contribution in [3.8, 4) is 0 Å². The largest absolute Gasteiger partial charge is 0.388 e.